The van der Waals surface area contributed by atoms with Crippen LogP contribution < -0.4 is 5.73 Å². The van der Waals surface area contributed by atoms with E-state index in [-0.39, 0.29) is 12.6 Å². The van der Waals surface area contributed by atoms with Crippen molar-refractivity contribution < 1.29 is 5.11 Å². The van der Waals surface area contributed by atoms with E-state index in [0.29, 0.717) is 6.42 Å². The smallest absolute Gasteiger partial charge is 0.0998 e. The van der Waals surface area contributed by atoms with Gasteiger partial charge in [-0.2, -0.15) is 0 Å². The third-order valence-electron chi connectivity index (χ3n) is 2.15. The van der Waals surface area contributed by atoms with Crippen LogP contribution in [0, 0.1) is 0 Å². The number of pyridine rings is 1. The molecule has 1 atom stereocenters. The van der Waals surface area contributed by atoms with Crippen LogP contribution in [0.3, 0.4) is 0 Å². The fraction of sp³-hybridized carbons (Fsp3) is 0.273. The van der Waals surface area contributed by atoms with Gasteiger partial charge in [-0.15, -0.1) is 11.3 Å². The standard InChI is InChI=1S/C11H13N3OS/c12-8(6-15)5-11-14-10(7-16-11)9-3-1-2-4-13-9/h1-4,7-8,15H,5-6,12H2. The number of aliphatic hydroxyl groups excluding tert-OH is 1. The molecule has 0 radical (unpaired) electrons. The van der Waals surface area contributed by atoms with E-state index in [2.05, 4.69) is 9.97 Å². The summed E-state index contributed by atoms with van der Waals surface area (Å²) in [6.45, 7) is -0.0154. The van der Waals surface area contributed by atoms with E-state index in [4.69, 9.17) is 10.8 Å². The highest BCUT2D eigenvalue weighted by Gasteiger charge is 2.08. The molecule has 2 aromatic rings. The molecule has 0 aliphatic rings. The highest BCUT2D eigenvalue weighted by molar-refractivity contribution is 7.09. The van der Waals surface area contributed by atoms with Gasteiger partial charge in [0.25, 0.3) is 0 Å². The molecule has 4 nitrogen and oxygen atoms in total. The van der Waals surface area contributed by atoms with Crippen LogP contribution in [0.25, 0.3) is 11.4 Å². The Bertz CT molecular complexity index is 444. The first-order valence-corrected chi connectivity index (χ1v) is 5.90. The van der Waals surface area contributed by atoms with Gasteiger partial charge < -0.3 is 10.8 Å². The van der Waals surface area contributed by atoms with E-state index >= 15 is 0 Å². The zero-order chi connectivity index (χ0) is 11.4. The second kappa shape index (κ2) is 5.16. The minimum absolute atomic E-state index is 0.0154. The third-order valence-corrected chi connectivity index (χ3v) is 3.02. The number of hydrogen-bond donors (Lipinski definition) is 2. The SMILES string of the molecule is NC(CO)Cc1nc(-c2ccccn2)cs1. The summed E-state index contributed by atoms with van der Waals surface area (Å²) < 4.78 is 0. The van der Waals surface area contributed by atoms with Gasteiger partial charge in [0.15, 0.2) is 0 Å². The Labute approximate surface area is 97.8 Å². The molecule has 16 heavy (non-hydrogen) atoms. The lowest BCUT2D eigenvalue weighted by molar-refractivity contribution is 0.265. The molecule has 0 spiro atoms. The maximum absolute atomic E-state index is 8.86. The molecule has 2 heterocycles. The van der Waals surface area contributed by atoms with Crippen molar-refractivity contribution >= 4 is 11.3 Å². The van der Waals surface area contributed by atoms with Gasteiger partial charge in [-0.3, -0.25) is 4.98 Å². The van der Waals surface area contributed by atoms with E-state index in [0.717, 1.165) is 16.4 Å². The van der Waals surface area contributed by atoms with E-state index in [9.17, 15) is 0 Å². The maximum Gasteiger partial charge on any atom is 0.0998 e. The predicted molar refractivity (Wildman–Crippen MR) is 64.1 cm³/mol. The number of hydrogen-bond acceptors (Lipinski definition) is 5. The Morgan fingerprint density at radius 2 is 2.25 bits per heavy atom. The number of rotatable bonds is 4. The summed E-state index contributed by atoms with van der Waals surface area (Å²) in [6, 6.07) is 5.49. The number of nitrogens with zero attached hydrogens (tertiary/aromatic N) is 2. The van der Waals surface area contributed by atoms with Crippen molar-refractivity contribution in [3.05, 3.63) is 34.8 Å². The van der Waals surface area contributed by atoms with Gasteiger partial charge in [0.1, 0.15) is 0 Å². The Morgan fingerprint density at radius 3 is 2.94 bits per heavy atom. The molecule has 0 bridgehead atoms. The van der Waals surface area contributed by atoms with Crippen molar-refractivity contribution in [2.24, 2.45) is 5.73 Å². The Morgan fingerprint density at radius 1 is 1.38 bits per heavy atom. The first-order valence-electron chi connectivity index (χ1n) is 5.02. The van der Waals surface area contributed by atoms with Crippen molar-refractivity contribution in [2.75, 3.05) is 6.61 Å². The first kappa shape index (κ1) is 11.2. The number of nitrogens with two attached hydrogens (primary N) is 1. The first-order chi connectivity index (χ1) is 7.79. The molecule has 0 aliphatic carbocycles. The van der Waals surface area contributed by atoms with E-state index in [1.807, 2.05) is 23.6 Å². The fourth-order valence-electron chi connectivity index (χ4n) is 1.33. The van der Waals surface area contributed by atoms with Crippen LogP contribution in [-0.4, -0.2) is 27.7 Å². The number of aliphatic hydroxyl groups is 1. The number of aromatic nitrogens is 2. The van der Waals surface area contributed by atoms with E-state index < -0.39 is 0 Å². The molecule has 84 valence electrons. The van der Waals surface area contributed by atoms with Crippen molar-refractivity contribution in [3.8, 4) is 11.4 Å². The second-order valence-corrected chi connectivity index (χ2v) is 4.43. The highest BCUT2D eigenvalue weighted by Crippen LogP contribution is 2.20. The van der Waals surface area contributed by atoms with Gasteiger partial charge in [-0.05, 0) is 12.1 Å². The second-order valence-electron chi connectivity index (χ2n) is 3.49. The highest BCUT2D eigenvalue weighted by atomic mass is 32.1. The summed E-state index contributed by atoms with van der Waals surface area (Å²) >= 11 is 1.55. The van der Waals surface area contributed by atoms with Crippen LogP contribution in [-0.2, 0) is 6.42 Å². The summed E-state index contributed by atoms with van der Waals surface area (Å²) in [7, 11) is 0. The molecule has 5 heteroatoms. The minimum atomic E-state index is -0.234. The van der Waals surface area contributed by atoms with Gasteiger partial charge in [-0.1, -0.05) is 6.07 Å². The molecule has 0 aliphatic heterocycles. The average Bonchev–Trinajstić information content (AvgIpc) is 2.78. The predicted octanol–water partition coefficient (Wildman–Crippen LogP) is 1.07. The van der Waals surface area contributed by atoms with Gasteiger partial charge in [0.2, 0.25) is 0 Å². The van der Waals surface area contributed by atoms with Crippen molar-refractivity contribution in [3.63, 3.8) is 0 Å². The Balaban J connectivity index is 2.14. The molecule has 0 saturated carbocycles. The molecule has 0 amide bonds. The fourth-order valence-corrected chi connectivity index (χ4v) is 2.21. The molecule has 0 fully saturated rings. The topological polar surface area (TPSA) is 72.0 Å². The monoisotopic (exact) mass is 235 g/mol. The quantitative estimate of drug-likeness (QED) is 0.831. The molecular weight excluding hydrogens is 222 g/mol. The van der Waals surface area contributed by atoms with Gasteiger partial charge in [0, 0.05) is 24.0 Å². The van der Waals surface area contributed by atoms with Crippen LogP contribution in [0.2, 0.25) is 0 Å². The third kappa shape index (κ3) is 2.63. The van der Waals surface area contributed by atoms with Gasteiger partial charge in [-0.25, -0.2) is 4.98 Å². The lowest BCUT2D eigenvalue weighted by Gasteiger charge is -2.03. The minimum Gasteiger partial charge on any atom is -0.395 e. The molecule has 0 saturated heterocycles. The summed E-state index contributed by atoms with van der Waals surface area (Å²) in [5, 5.41) is 11.8. The summed E-state index contributed by atoms with van der Waals surface area (Å²) in [4.78, 5) is 8.66. The zero-order valence-electron chi connectivity index (χ0n) is 8.71. The Hall–Kier alpha value is -1.30. The van der Waals surface area contributed by atoms with Crippen LogP contribution in [0.1, 0.15) is 5.01 Å². The van der Waals surface area contributed by atoms with Crippen LogP contribution in [0.5, 0.6) is 0 Å². The summed E-state index contributed by atoms with van der Waals surface area (Å²) in [5.41, 5.74) is 7.38. The summed E-state index contributed by atoms with van der Waals surface area (Å²) in [5.74, 6) is 0. The van der Waals surface area contributed by atoms with Crippen molar-refractivity contribution in [1.29, 1.82) is 0 Å². The van der Waals surface area contributed by atoms with Crippen molar-refractivity contribution in [1.82, 2.24) is 9.97 Å². The molecule has 1 unspecified atom stereocenters. The summed E-state index contributed by atoms with van der Waals surface area (Å²) in [6.07, 6.45) is 2.35. The Kier molecular flexibility index (Phi) is 3.61. The van der Waals surface area contributed by atoms with E-state index in [1.165, 1.54) is 0 Å². The molecule has 2 rings (SSSR count). The lowest BCUT2D eigenvalue weighted by atomic mass is 10.2. The zero-order valence-corrected chi connectivity index (χ0v) is 9.52. The molecule has 2 aromatic heterocycles. The van der Waals surface area contributed by atoms with Gasteiger partial charge >= 0.3 is 0 Å². The largest absolute Gasteiger partial charge is 0.395 e. The van der Waals surface area contributed by atoms with Crippen LogP contribution in [0.15, 0.2) is 29.8 Å². The lowest BCUT2D eigenvalue weighted by Crippen LogP contribution is -2.26. The van der Waals surface area contributed by atoms with Gasteiger partial charge in [0.05, 0.1) is 23.0 Å². The number of thiazole rings is 1. The van der Waals surface area contributed by atoms with E-state index in [1.54, 1.807) is 17.5 Å². The van der Waals surface area contributed by atoms with Crippen molar-refractivity contribution in [2.45, 2.75) is 12.5 Å². The normalized spacial score (nSPS) is 12.6. The molecular formula is C11H13N3OS. The van der Waals surface area contributed by atoms with Crippen LogP contribution in [0.4, 0.5) is 0 Å². The van der Waals surface area contributed by atoms with Crippen LogP contribution >= 0.6 is 11.3 Å². The molecule has 3 N–H and O–H groups in total. The molecule has 0 aromatic carbocycles. The maximum atomic E-state index is 8.86. The average molecular weight is 235 g/mol.